The van der Waals surface area contributed by atoms with Crippen molar-refractivity contribution in [1.82, 2.24) is 4.57 Å². The maximum atomic E-state index is 2.54. The minimum atomic E-state index is -0.237. The summed E-state index contributed by atoms with van der Waals surface area (Å²) in [4.78, 5) is 2.49. The topological polar surface area (TPSA) is 8.17 Å². The van der Waals surface area contributed by atoms with Crippen molar-refractivity contribution in [2.75, 3.05) is 4.90 Å². The van der Waals surface area contributed by atoms with Gasteiger partial charge < -0.3 is 9.47 Å². The fourth-order valence-electron chi connectivity index (χ4n) is 10.8. The van der Waals surface area contributed by atoms with E-state index in [2.05, 4.69) is 245 Å². The first-order chi connectivity index (χ1) is 30.2. The highest BCUT2D eigenvalue weighted by Crippen LogP contribution is 2.58. The van der Waals surface area contributed by atoms with Gasteiger partial charge in [-0.15, -0.1) is 0 Å². The Kier molecular flexibility index (Phi) is 8.67. The molecule has 0 spiro atoms. The predicted molar refractivity (Wildman–Crippen MR) is 263 cm³/mol. The van der Waals surface area contributed by atoms with Gasteiger partial charge in [0.1, 0.15) is 0 Å². The zero-order valence-electron chi connectivity index (χ0n) is 36.4. The van der Waals surface area contributed by atoms with E-state index < -0.39 is 0 Å². The number of nitrogens with zero attached hydrogens (tertiary/aromatic N) is 2. The van der Waals surface area contributed by atoms with Gasteiger partial charge in [-0.1, -0.05) is 167 Å². The Morgan fingerprint density at radius 2 is 1.03 bits per heavy atom. The summed E-state index contributed by atoms with van der Waals surface area (Å²) >= 11 is 0. The van der Waals surface area contributed by atoms with E-state index in [1.807, 2.05) is 0 Å². The molecule has 1 heterocycles. The first-order valence-corrected chi connectivity index (χ1v) is 22.0. The summed E-state index contributed by atoms with van der Waals surface area (Å²) in [5.41, 5.74) is 23.8. The Bertz CT molecular complexity index is 3240. The van der Waals surface area contributed by atoms with E-state index in [0.29, 0.717) is 0 Å². The average Bonchev–Trinajstić information content (AvgIpc) is 3.81. The van der Waals surface area contributed by atoms with E-state index >= 15 is 0 Å². The van der Waals surface area contributed by atoms with Crippen molar-refractivity contribution in [3.8, 4) is 50.2 Å². The van der Waals surface area contributed by atoms with Crippen molar-refractivity contribution in [1.29, 1.82) is 0 Å². The number of anilines is 3. The van der Waals surface area contributed by atoms with Gasteiger partial charge in [0.2, 0.25) is 0 Å². The van der Waals surface area contributed by atoms with Crippen LogP contribution in [0.2, 0.25) is 0 Å². The van der Waals surface area contributed by atoms with Crippen LogP contribution in [-0.2, 0) is 10.8 Å². The molecule has 2 aliphatic rings. The highest BCUT2D eigenvalue weighted by molar-refractivity contribution is 5.99. The average molecular weight is 799 g/mol. The van der Waals surface area contributed by atoms with Gasteiger partial charge in [0.05, 0.1) is 11.2 Å². The lowest BCUT2D eigenvalue weighted by atomic mass is 9.79. The lowest BCUT2D eigenvalue weighted by Crippen LogP contribution is -2.17. The van der Waals surface area contributed by atoms with E-state index in [0.717, 1.165) is 22.7 Å². The quantitative estimate of drug-likeness (QED) is 0.156. The SMILES string of the molecule is C/C=C\c1c(C)n(-c2ccccc2)c2cc(N(c3ccc4c(c3)C(C)(C)c3cc5c(cc3-4)C(C)(C)c3cccc(-c4ccccc4)c3-5)c3ccccc3-c3ccccc3)ccc12. The van der Waals surface area contributed by atoms with Crippen molar-refractivity contribution >= 4 is 34.0 Å². The van der Waals surface area contributed by atoms with E-state index in [1.165, 1.54) is 88.9 Å². The third kappa shape index (κ3) is 5.63. The Balaban J connectivity index is 1.12. The summed E-state index contributed by atoms with van der Waals surface area (Å²) in [6.07, 6.45) is 4.39. The molecule has 300 valence electrons. The summed E-state index contributed by atoms with van der Waals surface area (Å²) in [6.45, 7) is 14.0. The third-order valence-electron chi connectivity index (χ3n) is 13.9. The molecule has 0 N–H and O–H groups in total. The van der Waals surface area contributed by atoms with Crippen LogP contribution in [-0.4, -0.2) is 4.57 Å². The second-order valence-corrected chi connectivity index (χ2v) is 18.1. The fraction of sp³-hybridized carbons (Fsp3) is 0.133. The minimum Gasteiger partial charge on any atom is -0.313 e. The molecule has 1 aromatic heterocycles. The second kappa shape index (κ2) is 14.2. The normalized spacial score (nSPS) is 14.2. The number of fused-ring (bicyclic) bond motifs is 7. The van der Waals surface area contributed by atoms with Gasteiger partial charge in [0, 0.05) is 50.1 Å². The van der Waals surface area contributed by atoms with Gasteiger partial charge in [0.25, 0.3) is 0 Å². The molecular weight excluding hydrogens is 749 g/mol. The van der Waals surface area contributed by atoms with Crippen LogP contribution in [0.4, 0.5) is 17.1 Å². The molecule has 0 fully saturated rings. The molecule has 0 bridgehead atoms. The third-order valence-corrected chi connectivity index (χ3v) is 13.9. The number of benzene rings is 8. The Morgan fingerprint density at radius 1 is 0.468 bits per heavy atom. The first-order valence-electron chi connectivity index (χ1n) is 22.0. The minimum absolute atomic E-state index is 0.129. The van der Waals surface area contributed by atoms with E-state index in [4.69, 9.17) is 0 Å². The van der Waals surface area contributed by atoms with Crippen LogP contribution in [0.15, 0.2) is 188 Å². The lowest BCUT2D eigenvalue weighted by molar-refractivity contribution is 0.652. The van der Waals surface area contributed by atoms with Crippen LogP contribution in [0.1, 0.15) is 68.1 Å². The van der Waals surface area contributed by atoms with Gasteiger partial charge in [0.15, 0.2) is 0 Å². The van der Waals surface area contributed by atoms with Crippen LogP contribution < -0.4 is 4.90 Å². The molecule has 0 saturated carbocycles. The van der Waals surface area contributed by atoms with Crippen LogP contribution in [0, 0.1) is 6.92 Å². The summed E-state index contributed by atoms with van der Waals surface area (Å²) in [7, 11) is 0. The molecule has 8 aromatic carbocycles. The van der Waals surface area contributed by atoms with Crippen molar-refractivity contribution in [3.63, 3.8) is 0 Å². The molecule has 2 aliphatic carbocycles. The largest absolute Gasteiger partial charge is 0.313 e. The standard InChI is InChI=1S/C60H50N2/c1-7-20-45-39(2)61(42-25-15-10-16-26-42)57-36-44(32-34-49(45)57)62(56-30-18-17-27-46(56)40-21-11-8-12-22-40)43-31-33-48-50-37-55-51(38-54(50)60(5,6)53(48)35-43)58-47(41-23-13-9-14-24-41)28-19-29-52(58)59(55,3)4/h7-38H,1-6H3/b20-7-. The second-order valence-electron chi connectivity index (χ2n) is 18.1. The van der Waals surface area contributed by atoms with E-state index in [9.17, 15) is 0 Å². The van der Waals surface area contributed by atoms with E-state index in [-0.39, 0.29) is 10.8 Å². The maximum absolute atomic E-state index is 2.54. The molecule has 62 heavy (non-hydrogen) atoms. The number of hydrogen-bond acceptors (Lipinski definition) is 1. The number of para-hydroxylation sites is 2. The molecule has 0 aliphatic heterocycles. The molecule has 11 rings (SSSR count). The maximum Gasteiger partial charge on any atom is 0.0558 e. The van der Waals surface area contributed by atoms with Crippen molar-refractivity contribution in [3.05, 3.63) is 222 Å². The smallest absolute Gasteiger partial charge is 0.0558 e. The Morgan fingerprint density at radius 3 is 1.76 bits per heavy atom. The molecule has 0 radical (unpaired) electrons. The van der Waals surface area contributed by atoms with Crippen molar-refractivity contribution < 1.29 is 0 Å². The molecule has 0 atom stereocenters. The van der Waals surface area contributed by atoms with Crippen molar-refractivity contribution in [2.24, 2.45) is 0 Å². The van der Waals surface area contributed by atoms with Crippen molar-refractivity contribution in [2.45, 2.75) is 52.4 Å². The number of rotatable bonds is 7. The summed E-state index contributed by atoms with van der Waals surface area (Å²) in [5.74, 6) is 0. The molecule has 0 unspecified atom stereocenters. The summed E-state index contributed by atoms with van der Waals surface area (Å²) in [5, 5.41) is 1.24. The molecule has 2 nitrogen and oxygen atoms in total. The number of hydrogen-bond donors (Lipinski definition) is 0. The summed E-state index contributed by atoms with van der Waals surface area (Å²) < 4.78 is 2.42. The van der Waals surface area contributed by atoms with E-state index in [1.54, 1.807) is 0 Å². The van der Waals surface area contributed by atoms with Crippen LogP contribution in [0.3, 0.4) is 0 Å². The highest BCUT2D eigenvalue weighted by atomic mass is 15.1. The lowest BCUT2D eigenvalue weighted by Gasteiger charge is -2.30. The fourth-order valence-corrected chi connectivity index (χ4v) is 10.8. The molecule has 0 amide bonds. The molecule has 2 heteroatoms. The molecule has 9 aromatic rings. The molecule has 0 saturated heterocycles. The number of aromatic nitrogens is 1. The van der Waals surface area contributed by atoms with Gasteiger partial charge in [-0.05, 0) is 130 Å². The summed E-state index contributed by atoms with van der Waals surface area (Å²) in [6, 6.07) is 67.6. The van der Waals surface area contributed by atoms with Crippen LogP contribution in [0.25, 0.3) is 67.2 Å². The van der Waals surface area contributed by atoms with Gasteiger partial charge in [-0.25, -0.2) is 0 Å². The van der Waals surface area contributed by atoms with Crippen LogP contribution >= 0.6 is 0 Å². The zero-order valence-corrected chi connectivity index (χ0v) is 36.4. The Labute approximate surface area is 366 Å². The monoisotopic (exact) mass is 798 g/mol. The zero-order chi connectivity index (χ0) is 42.3. The van der Waals surface area contributed by atoms with Crippen LogP contribution in [0.5, 0.6) is 0 Å². The highest BCUT2D eigenvalue weighted by Gasteiger charge is 2.42. The predicted octanol–water partition coefficient (Wildman–Crippen LogP) is 16.4. The first kappa shape index (κ1) is 37.8. The number of allylic oxidation sites excluding steroid dienone is 1. The van der Waals surface area contributed by atoms with Gasteiger partial charge >= 0.3 is 0 Å². The molecular formula is C60H50N2. The van der Waals surface area contributed by atoms with Gasteiger partial charge in [-0.3, -0.25) is 0 Å². The Hall–Kier alpha value is -7.16. The van der Waals surface area contributed by atoms with Gasteiger partial charge in [-0.2, -0.15) is 0 Å².